The number of methoxy groups -OCH3 is 1. The van der Waals surface area contributed by atoms with Crippen LogP contribution in [0.4, 0.5) is 5.69 Å². The van der Waals surface area contributed by atoms with Crippen LogP contribution in [0.2, 0.25) is 0 Å². The van der Waals surface area contributed by atoms with Gasteiger partial charge in [0.15, 0.2) is 0 Å². The average Bonchev–Trinajstić information content (AvgIpc) is 3.38. The van der Waals surface area contributed by atoms with Gasteiger partial charge in [0, 0.05) is 51.2 Å². The molecule has 1 saturated carbocycles. The van der Waals surface area contributed by atoms with Crippen molar-refractivity contribution in [1.82, 2.24) is 9.80 Å². The third kappa shape index (κ3) is 6.75. The second kappa shape index (κ2) is 12.4. The predicted octanol–water partition coefficient (Wildman–Crippen LogP) is 3.95. The number of anilines is 1. The molecule has 3 amide bonds. The Labute approximate surface area is 209 Å². The van der Waals surface area contributed by atoms with Crippen LogP contribution in [0, 0.1) is 11.8 Å². The predicted molar refractivity (Wildman–Crippen MR) is 136 cm³/mol. The summed E-state index contributed by atoms with van der Waals surface area (Å²) in [7, 11) is 3.39. The summed E-state index contributed by atoms with van der Waals surface area (Å²) in [6, 6.07) is 4.98. The molecule has 0 radical (unpaired) electrons. The number of nitrogens with zero attached hydrogens (tertiary/aromatic N) is 2. The largest absolute Gasteiger partial charge is 0.491 e. The van der Waals surface area contributed by atoms with Crippen LogP contribution in [0.1, 0.15) is 69.7 Å². The van der Waals surface area contributed by atoms with Crippen molar-refractivity contribution in [3.8, 4) is 5.75 Å². The summed E-state index contributed by atoms with van der Waals surface area (Å²) in [6.45, 7) is 7.21. The summed E-state index contributed by atoms with van der Waals surface area (Å²) in [5.41, 5.74) is 0.938. The summed E-state index contributed by atoms with van der Waals surface area (Å²) in [5, 5.41) is 2.86. The molecule has 1 aromatic rings. The number of hydrogen-bond donors (Lipinski definition) is 1. The Morgan fingerprint density at radius 3 is 2.54 bits per heavy atom. The van der Waals surface area contributed by atoms with E-state index in [2.05, 4.69) is 12.2 Å². The standard InChI is InChI=1S/C27H41N3O5/c1-6-9-25(31)28-21-12-13-23-22(14-21)27(33)29(4)16-24(34-5)18(2)15-30(19(3)17-35-23)26(32)20-10-7-8-11-20/h12-14,18-20,24H,6-11,15-17H2,1-5H3,(H,28,31)/t18-,19-,24-/m0/s1. The van der Waals surface area contributed by atoms with Crippen LogP contribution >= 0.6 is 0 Å². The number of likely N-dealkylation sites (N-methyl/N-ethyl adjacent to an activating group) is 1. The summed E-state index contributed by atoms with van der Waals surface area (Å²) >= 11 is 0. The minimum absolute atomic E-state index is 0.0293. The molecule has 0 aromatic heterocycles. The van der Waals surface area contributed by atoms with E-state index in [-0.39, 0.29) is 48.3 Å². The van der Waals surface area contributed by atoms with Crippen molar-refractivity contribution < 1.29 is 23.9 Å². The van der Waals surface area contributed by atoms with Crippen LogP contribution in [-0.4, -0.2) is 73.5 Å². The van der Waals surface area contributed by atoms with Crippen LogP contribution in [-0.2, 0) is 14.3 Å². The highest BCUT2D eigenvalue weighted by atomic mass is 16.5. The smallest absolute Gasteiger partial charge is 0.257 e. The van der Waals surface area contributed by atoms with Gasteiger partial charge in [0.05, 0.1) is 17.7 Å². The lowest BCUT2D eigenvalue weighted by Crippen LogP contribution is -2.50. The van der Waals surface area contributed by atoms with Gasteiger partial charge < -0.3 is 24.6 Å². The number of carbonyl (C=O) groups excluding carboxylic acids is 3. The zero-order valence-corrected chi connectivity index (χ0v) is 21.8. The summed E-state index contributed by atoms with van der Waals surface area (Å²) in [5.74, 6) is 0.443. The fourth-order valence-electron chi connectivity index (χ4n) is 5.02. The van der Waals surface area contributed by atoms with Crippen molar-refractivity contribution >= 4 is 23.4 Å². The van der Waals surface area contributed by atoms with E-state index in [1.807, 2.05) is 18.7 Å². The molecule has 3 rings (SSSR count). The van der Waals surface area contributed by atoms with Crippen molar-refractivity contribution in [2.45, 2.75) is 71.4 Å². The first-order chi connectivity index (χ1) is 16.7. The number of fused-ring (bicyclic) bond motifs is 1. The second-order valence-corrected chi connectivity index (χ2v) is 10.1. The Balaban J connectivity index is 1.92. The molecule has 35 heavy (non-hydrogen) atoms. The van der Waals surface area contributed by atoms with Crippen molar-refractivity contribution in [2.75, 3.05) is 39.2 Å². The fraction of sp³-hybridized carbons (Fsp3) is 0.667. The van der Waals surface area contributed by atoms with Gasteiger partial charge in [0.1, 0.15) is 12.4 Å². The number of nitrogens with one attached hydrogen (secondary N) is 1. The number of carbonyl (C=O) groups is 3. The Bertz CT molecular complexity index is 899. The van der Waals surface area contributed by atoms with Gasteiger partial charge in [-0.3, -0.25) is 14.4 Å². The van der Waals surface area contributed by atoms with E-state index in [4.69, 9.17) is 9.47 Å². The third-order valence-corrected chi connectivity index (χ3v) is 7.19. The monoisotopic (exact) mass is 487 g/mol. The molecule has 1 fully saturated rings. The lowest BCUT2D eigenvalue weighted by Gasteiger charge is -2.37. The van der Waals surface area contributed by atoms with Gasteiger partial charge in [0.2, 0.25) is 11.8 Å². The molecule has 1 heterocycles. The highest BCUT2D eigenvalue weighted by Crippen LogP contribution is 2.30. The van der Waals surface area contributed by atoms with Crippen LogP contribution in [0.25, 0.3) is 0 Å². The van der Waals surface area contributed by atoms with E-state index in [1.165, 1.54) is 0 Å². The molecule has 1 N–H and O–H groups in total. The molecular formula is C27H41N3O5. The molecule has 1 aromatic carbocycles. The van der Waals surface area contributed by atoms with Gasteiger partial charge in [-0.1, -0.05) is 26.7 Å². The number of ether oxygens (including phenoxy) is 2. The van der Waals surface area contributed by atoms with Gasteiger partial charge in [-0.25, -0.2) is 0 Å². The first-order valence-electron chi connectivity index (χ1n) is 12.9. The summed E-state index contributed by atoms with van der Waals surface area (Å²) in [4.78, 5) is 42.6. The van der Waals surface area contributed by atoms with Crippen LogP contribution in [0.15, 0.2) is 18.2 Å². The van der Waals surface area contributed by atoms with Crippen LogP contribution in [0.3, 0.4) is 0 Å². The maximum absolute atomic E-state index is 13.5. The molecule has 8 nitrogen and oxygen atoms in total. The molecular weight excluding hydrogens is 446 g/mol. The van der Waals surface area contributed by atoms with E-state index in [9.17, 15) is 14.4 Å². The molecule has 0 bridgehead atoms. The lowest BCUT2D eigenvalue weighted by molar-refractivity contribution is -0.139. The van der Waals surface area contributed by atoms with E-state index in [0.29, 0.717) is 36.5 Å². The van der Waals surface area contributed by atoms with Gasteiger partial charge in [0.25, 0.3) is 5.91 Å². The first-order valence-corrected chi connectivity index (χ1v) is 12.9. The van der Waals surface area contributed by atoms with Crippen LogP contribution < -0.4 is 10.1 Å². The summed E-state index contributed by atoms with van der Waals surface area (Å²) in [6.07, 6.45) is 5.01. The normalized spacial score (nSPS) is 24.3. The molecule has 0 spiro atoms. The van der Waals surface area contributed by atoms with Crippen LogP contribution in [0.5, 0.6) is 5.75 Å². The lowest BCUT2D eigenvalue weighted by atomic mass is 9.99. The topological polar surface area (TPSA) is 88.2 Å². The molecule has 194 valence electrons. The fourth-order valence-corrected chi connectivity index (χ4v) is 5.02. The SMILES string of the molecule is CCCC(=O)Nc1ccc2c(c1)C(=O)N(C)C[C@H](OC)[C@@H](C)CN(C(=O)C1CCCC1)[C@@H](C)CO2. The maximum atomic E-state index is 13.5. The highest BCUT2D eigenvalue weighted by Gasteiger charge is 2.34. The van der Waals surface area contributed by atoms with Gasteiger partial charge >= 0.3 is 0 Å². The highest BCUT2D eigenvalue weighted by molar-refractivity contribution is 5.99. The molecule has 1 aliphatic carbocycles. The van der Waals surface area contributed by atoms with Crippen molar-refractivity contribution in [1.29, 1.82) is 0 Å². The minimum atomic E-state index is -0.230. The molecule has 3 atom stereocenters. The van der Waals surface area contributed by atoms with Gasteiger partial charge in [-0.2, -0.15) is 0 Å². The summed E-state index contributed by atoms with van der Waals surface area (Å²) < 4.78 is 11.9. The zero-order chi connectivity index (χ0) is 25.5. The minimum Gasteiger partial charge on any atom is -0.491 e. The number of hydrogen-bond acceptors (Lipinski definition) is 5. The Morgan fingerprint density at radius 2 is 1.89 bits per heavy atom. The Morgan fingerprint density at radius 1 is 1.17 bits per heavy atom. The number of rotatable bonds is 5. The Kier molecular flexibility index (Phi) is 9.55. The maximum Gasteiger partial charge on any atom is 0.257 e. The third-order valence-electron chi connectivity index (χ3n) is 7.19. The number of benzene rings is 1. The van der Waals surface area contributed by atoms with Crippen molar-refractivity contribution in [2.24, 2.45) is 11.8 Å². The van der Waals surface area contributed by atoms with E-state index in [0.717, 1.165) is 32.1 Å². The Hall–Kier alpha value is -2.61. The molecule has 2 aliphatic rings. The quantitative estimate of drug-likeness (QED) is 0.680. The molecule has 0 unspecified atom stereocenters. The first kappa shape index (κ1) is 27.0. The van der Waals surface area contributed by atoms with Gasteiger partial charge in [-0.15, -0.1) is 0 Å². The van der Waals surface area contributed by atoms with E-state index in [1.54, 1.807) is 37.3 Å². The van der Waals surface area contributed by atoms with Crippen molar-refractivity contribution in [3.63, 3.8) is 0 Å². The zero-order valence-electron chi connectivity index (χ0n) is 21.8. The average molecular weight is 488 g/mol. The van der Waals surface area contributed by atoms with Crippen molar-refractivity contribution in [3.05, 3.63) is 23.8 Å². The molecule has 0 saturated heterocycles. The van der Waals surface area contributed by atoms with E-state index >= 15 is 0 Å². The molecule has 1 aliphatic heterocycles. The number of amides is 3. The second-order valence-electron chi connectivity index (χ2n) is 10.1. The molecule has 8 heteroatoms. The van der Waals surface area contributed by atoms with Gasteiger partial charge in [-0.05, 0) is 44.4 Å². The van der Waals surface area contributed by atoms with E-state index < -0.39 is 0 Å².